The zero-order valence-electron chi connectivity index (χ0n) is 12.3. The fourth-order valence-electron chi connectivity index (χ4n) is 2.99. The summed E-state index contributed by atoms with van der Waals surface area (Å²) in [4.78, 5) is 18.1. The molecule has 2 heterocycles. The molecule has 1 aliphatic heterocycles. The Kier molecular flexibility index (Phi) is 6.45. The van der Waals surface area contributed by atoms with Gasteiger partial charge in [-0.25, -0.2) is 4.98 Å². The van der Waals surface area contributed by atoms with Crippen LogP contribution in [0.4, 0.5) is 0 Å². The highest BCUT2D eigenvalue weighted by molar-refractivity contribution is 7.11. The van der Waals surface area contributed by atoms with Crippen molar-refractivity contribution in [3.8, 4) is 0 Å². The number of hydrogen-bond donors (Lipinski definition) is 2. The largest absolute Gasteiger partial charge is 0.356 e. The first-order valence-corrected chi connectivity index (χ1v) is 8.60. The van der Waals surface area contributed by atoms with Crippen LogP contribution in [0.5, 0.6) is 0 Å². The molecule has 1 aromatic rings. The maximum atomic E-state index is 11.9. The Morgan fingerprint density at radius 1 is 1.38 bits per heavy atom. The SMILES string of the molecule is Cl.O=C(NCCCc1nc2c(s1)CCCC2)C1CCNC1. The molecule has 4 nitrogen and oxygen atoms in total. The summed E-state index contributed by atoms with van der Waals surface area (Å²) in [7, 11) is 0. The van der Waals surface area contributed by atoms with Crippen LogP contribution in [0.1, 0.15) is 41.3 Å². The van der Waals surface area contributed by atoms with Gasteiger partial charge in [-0.05, 0) is 45.1 Å². The van der Waals surface area contributed by atoms with Crippen LogP contribution in [0.2, 0.25) is 0 Å². The number of aromatic nitrogens is 1. The van der Waals surface area contributed by atoms with E-state index in [9.17, 15) is 4.79 Å². The molecule has 0 spiro atoms. The third-order valence-corrected chi connectivity index (χ3v) is 5.40. The first kappa shape index (κ1) is 16.7. The van der Waals surface area contributed by atoms with Crippen molar-refractivity contribution in [1.82, 2.24) is 15.6 Å². The number of nitrogens with zero attached hydrogens (tertiary/aromatic N) is 1. The molecule has 2 N–H and O–H groups in total. The number of thiazole rings is 1. The monoisotopic (exact) mass is 329 g/mol. The Labute approximate surface area is 136 Å². The van der Waals surface area contributed by atoms with E-state index in [2.05, 4.69) is 10.6 Å². The van der Waals surface area contributed by atoms with E-state index in [0.717, 1.165) is 45.3 Å². The zero-order chi connectivity index (χ0) is 13.8. The number of halogens is 1. The van der Waals surface area contributed by atoms with Gasteiger partial charge in [0.25, 0.3) is 0 Å². The average Bonchev–Trinajstić information content (AvgIpc) is 3.11. The fourth-order valence-corrected chi connectivity index (χ4v) is 4.18. The molecule has 118 valence electrons. The molecule has 0 radical (unpaired) electrons. The second kappa shape index (κ2) is 8.11. The van der Waals surface area contributed by atoms with Crippen molar-refractivity contribution in [3.63, 3.8) is 0 Å². The molecular formula is C15H24ClN3OS. The molecule has 0 aromatic carbocycles. The fraction of sp³-hybridized carbons (Fsp3) is 0.733. The van der Waals surface area contributed by atoms with Gasteiger partial charge in [-0.1, -0.05) is 0 Å². The summed E-state index contributed by atoms with van der Waals surface area (Å²) in [5.41, 5.74) is 1.34. The molecule has 1 saturated heterocycles. The van der Waals surface area contributed by atoms with E-state index in [1.807, 2.05) is 11.3 Å². The van der Waals surface area contributed by atoms with E-state index in [4.69, 9.17) is 4.98 Å². The number of carbonyl (C=O) groups excluding carboxylic acids is 1. The number of nitrogens with one attached hydrogen (secondary N) is 2. The van der Waals surface area contributed by atoms with Crippen LogP contribution in [0.3, 0.4) is 0 Å². The number of hydrogen-bond acceptors (Lipinski definition) is 4. The lowest BCUT2D eigenvalue weighted by Crippen LogP contribution is -2.32. The Balaban J connectivity index is 0.00000161. The summed E-state index contributed by atoms with van der Waals surface area (Å²) < 4.78 is 0. The van der Waals surface area contributed by atoms with Crippen LogP contribution in [-0.4, -0.2) is 30.5 Å². The van der Waals surface area contributed by atoms with Crippen LogP contribution >= 0.6 is 23.7 Å². The molecule has 1 aromatic heterocycles. The van der Waals surface area contributed by atoms with Gasteiger partial charge >= 0.3 is 0 Å². The molecule has 3 rings (SSSR count). The average molecular weight is 330 g/mol. The molecule has 1 atom stereocenters. The highest BCUT2D eigenvalue weighted by Gasteiger charge is 2.21. The second-order valence-electron chi connectivity index (χ2n) is 5.77. The summed E-state index contributed by atoms with van der Waals surface area (Å²) in [5, 5.41) is 7.54. The van der Waals surface area contributed by atoms with E-state index >= 15 is 0 Å². The van der Waals surface area contributed by atoms with Crippen LogP contribution in [0.15, 0.2) is 0 Å². The van der Waals surface area contributed by atoms with Crippen molar-refractivity contribution in [2.75, 3.05) is 19.6 Å². The number of carbonyl (C=O) groups is 1. The number of amides is 1. The van der Waals surface area contributed by atoms with Crippen LogP contribution in [0, 0.1) is 5.92 Å². The Morgan fingerprint density at radius 2 is 2.24 bits per heavy atom. The minimum absolute atomic E-state index is 0. The van der Waals surface area contributed by atoms with Gasteiger partial charge in [-0.15, -0.1) is 23.7 Å². The van der Waals surface area contributed by atoms with Gasteiger partial charge in [-0.2, -0.15) is 0 Å². The van der Waals surface area contributed by atoms with Gasteiger partial charge in [0, 0.05) is 24.4 Å². The summed E-state index contributed by atoms with van der Waals surface area (Å²) >= 11 is 1.89. The van der Waals surface area contributed by atoms with E-state index in [-0.39, 0.29) is 24.2 Å². The maximum absolute atomic E-state index is 11.9. The van der Waals surface area contributed by atoms with Gasteiger partial charge in [0.15, 0.2) is 0 Å². The molecule has 21 heavy (non-hydrogen) atoms. The molecule has 0 saturated carbocycles. The van der Waals surface area contributed by atoms with E-state index in [1.165, 1.54) is 34.8 Å². The Morgan fingerprint density at radius 3 is 3.00 bits per heavy atom. The van der Waals surface area contributed by atoms with E-state index in [1.54, 1.807) is 0 Å². The number of aryl methyl sites for hydroxylation is 3. The maximum Gasteiger partial charge on any atom is 0.224 e. The molecule has 6 heteroatoms. The Bertz CT molecular complexity index is 448. The molecular weight excluding hydrogens is 306 g/mol. The van der Waals surface area contributed by atoms with Crippen molar-refractivity contribution < 1.29 is 4.79 Å². The van der Waals surface area contributed by atoms with Crippen molar-refractivity contribution in [1.29, 1.82) is 0 Å². The van der Waals surface area contributed by atoms with Gasteiger partial charge in [-0.3, -0.25) is 4.79 Å². The van der Waals surface area contributed by atoms with Gasteiger partial charge in [0.2, 0.25) is 5.91 Å². The summed E-state index contributed by atoms with van der Waals surface area (Å²) in [6.45, 7) is 2.59. The third-order valence-electron chi connectivity index (χ3n) is 4.19. The van der Waals surface area contributed by atoms with Crippen LogP contribution in [-0.2, 0) is 24.1 Å². The predicted octanol–water partition coefficient (Wildman–Crippen LogP) is 2.10. The molecule has 2 aliphatic rings. The first-order valence-electron chi connectivity index (χ1n) is 7.79. The van der Waals surface area contributed by atoms with Crippen molar-refractivity contribution in [3.05, 3.63) is 15.6 Å². The van der Waals surface area contributed by atoms with Crippen molar-refractivity contribution in [2.24, 2.45) is 5.92 Å². The molecule has 1 fully saturated rings. The minimum Gasteiger partial charge on any atom is -0.356 e. The number of rotatable bonds is 5. The summed E-state index contributed by atoms with van der Waals surface area (Å²) in [6.07, 6.45) is 7.97. The molecule has 0 bridgehead atoms. The van der Waals surface area contributed by atoms with Crippen molar-refractivity contribution >= 4 is 29.7 Å². The van der Waals surface area contributed by atoms with Crippen LogP contribution < -0.4 is 10.6 Å². The number of fused-ring (bicyclic) bond motifs is 1. The lowest BCUT2D eigenvalue weighted by molar-refractivity contribution is -0.124. The topological polar surface area (TPSA) is 54.0 Å². The van der Waals surface area contributed by atoms with Gasteiger partial charge in [0.1, 0.15) is 0 Å². The predicted molar refractivity (Wildman–Crippen MR) is 88.3 cm³/mol. The molecule has 1 aliphatic carbocycles. The van der Waals surface area contributed by atoms with E-state index in [0.29, 0.717) is 0 Å². The smallest absolute Gasteiger partial charge is 0.224 e. The quantitative estimate of drug-likeness (QED) is 0.813. The normalized spacial score (nSPS) is 20.7. The highest BCUT2D eigenvalue weighted by atomic mass is 35.5. The molecule has 1 amide bonds. The van der Waals surface area contributed by atoms with Gasteiger partial charge in [0.05, 0.1) is 16.6 Å². The standard InChI is InChI=1S/C15H23N3OS.ClH/c19-15(11-7-9-16-10-11)17-8-3-6-14-18-12-4-1-2-5-13(12)20-14;/h11,16H,1-10H2,(H,17,19);1H. The lowest BCUT2D eigenvalue weighted by Gasteiger charge is -2.08. The molecule has 1 unspecified atom stereocenters. The minimum atomic E-state index is 0. The highest BCUT2D eigenvalue weighted by Crippen LogP contribution is 2.27. The first-order chi connectivity index (χ1) is 9.83. The van der Waals surface area contributed by atoms with Crippen LogP contribution in [0.25, 0.3) is 0 Å². The van der Waals surface area contributed by atoms with E-state index < -0.39 is 0 Å². The summed E-state index contributed by atoms with van der Waals surface area (Å²) in [5.74, 6) is 0.399. The third kappa shape index (κ3) is 4.41. The zero-order valence-corrected chi connectivity index (χ0v) is 14.0. The van der Waals surface area contributed by atoms with Crippen molar-refractivity contribution in [2.45, 2.75) is 44.9 Å². The lowest BCUT2D eigenvalue weighted by atomic mass is 10.0. The second-order valence-corrected chi connectivity index (χ2v) is 6.94. The van der Waals surface area contributed by atoms with Gasteiger partial charge < -0.3 is 10.6 Å². The Hall–Kier alpha value is -0.650. The summed E-state index contributed by atoms with van der Waals surface area (Å²) in [6, 6.07) is 0.